The van der Waals surface area contributed by atoms with Crippen LogP contribution in [0.1, 0.15) is 49.9 Å². The van der Waals surface area contributed by atoms with E-state index < -0.39 is 0 Å². The van der Waals surface area contributed by atoms with Gasteiger partial charge in [-0.3, -0.25) is 0 Å². The number of anilines is 6. The van der Waals surface area contributed by atoms with Crippen molar-refractivity contribution in [3.63, 3.8) is 0 Å². The van der Waals surface area contributed by atoms with Crippen molar-refractivity contribution in [1.82, 2.24) is 0 Å². The van der Waals surface area contributed by atoms with Crippen molar-refractivity contribution in [3.8, 4) is 33.4 Å². The van der Waals surface area contributed by atoms with Gasteiger partial charge in [0.1, 0.15) is 0 Å². The van der Waals surface area contributed by atoms with Gasteiger partial charge in [-0.15, -0.1) is 0 Å². The van der Waals surface area contributed by atoms with E-state index in [0.717, 1.165) is 22.7 Å². The van der Waals surface area contributed by atoms with Crippen LogP contribution in [-0.2, 0) is 10.8 Å². The van der Waals surface area contributed by atoms with Gasteiger partial charge in [-0.2, -0.15) is 0 Å². The maximum absolute atomic E-state index is 2.56. The maximum atomic E-state index is 2.56. The molecule has 0 spiro atoms. The third-order valence-electron chi connectivity index (χ3n) is 13.2. The van der Waals surface area contributed by atoms with Gasteiger partial charge < -0.3 is 9.80 Å². The normalized spacial score (nSPS) is 14.2. The van der Waals surface area contributed by atoms with Crippen molar-refractivity contribution < 1.29 is 0 Å². The Morgan fingerprint density at radius 2 is 0.917 bits per heavy atom. The molecule has 9 aromatic carbocycles. The first kappa shape index (κ1) is 36.0. The first-order valence-corrected chi connectivity index (χ1v) is 21.1. The summed E-state index contributed by atoms with van der Waals surface area (Å²) in [5, 5.41) is 2.40. The molecule has 0 bridgehead atoms. The molecule has 1 heterocycles. The van der Waals surface area contributed by atoms with Crippen LogP contribution in [0.15, 0.2) is 206 Å². The van der Waals surface area contributed by atoms with Gasteiger partial charge in [-0.05, 0) is 110 Å². The number of fused-ring (bicyclic) bond motifs is 6. The molecule has 0 saturated carbocycles. The number of nitrogens with zero attached hydrogens (tertiary/aromatic N) is 2. The summed E-state index contributed by atoms with van der Waals surface area (Å²) in [7, 11) is 0. The summed E-state index contributed by atoms with van der Waals surface area (Å²) >= 11 is 0. The second-order valence-electron chi connectivity index (χ2n) is 17.4. The molecule has 1 aliphatic heterocycles. The van der Waals surface area contributed by atoms with Crippen molar-refractivity contribution in [2.75, 3.05) is 9.80 Å². The van der Waals surface area contributed by atoms with Gasteiger partial charge in [-0.1, -0.05) is 185 Å². The molecule has 2 nitrogen and oxygen atoms in total. The number of para-hydroxylation sites is 1. The Bertz CT molecular complexity index is 3090. The van der Waals surface area contributed by atoms with E-state index >= 15 is 0 Å². The number of hydrogen-bond donors (Lipinski definition) is 0. The van der Waals surface area contributed by atoms with Gasteiger partial charge >= 0.3 is 0 Å². The fourth-order valence-corrected chi connectivity index (χ4v) is 10.1. The minimum Gasteiger partial charge on any atom is -0.308 e. The second-order valence-corrected chi connectivity index (χ2v) is 17.4. The lowest BCUT2D eigenvalue weighted by Gasteiger charge is -2.44. The van der Waals surface area contributed by atoms with E-state index in [4.69, 9.17) is 0 Å². The minimum atomic E-state index is -0.245. The van der Waals surface area contributed by atoms with Crippen LogP contribution >= 0.6 is 0 Å². The lowest BCUT2D eigenvalue weighted by atomic mass is 9.72. The fraction of sp³-hybridized carbons (Fsp3) is 0.103. The standard InChI is InChI=1S/C58H46N2/c1-57(2)49-24-14-13-23-47(49)48-34-33-45(38-51(48)57)59(44-31-27-41(28-32-44)39-17-7-5-8-18-39)55-36-29-42-21-11-12-22-46(42)56(55)60-53-26-16-15-25-50(53)58(3,4)52-37-43(30-35-54(52)60)40-19-9-6-10-20-40/h5-38H,1-4H3. The van der Waals surface area contributed by atoms with Crippen LogP contribution in [0.5, 0.6) is 0 Å². The Labute approximate surface area is 353 Å². The highest BCUT2D eigenvalue weighted by Crippen LogP contribution is 2.58. The largest absolute Gasteiger partial charge is 0.308 e. The van der Waals surface area contributed by atoms with E-state index in [9.17, 15) is 0 Å². The highest BCUT2D eigenvalue weighted by atomic mass is 15.2. The Morgan fingerprint density at radius 1 is 0.367 bits per heavy atom. The van der Waals surface area contributed by atoms with Gasteiger partial charge in [0, 0.05) is 27.6 Å². The van der Waals surface area contributed by atoms with Crippen molar-refractivity contribution in [1.29, 1.82) is 0 Å². The third kappa shape index (κ3) is 5.55. The average Bonchev–Trinajstić information content (AvgIpc) is 3.53. The zero-order valence-electron chi connectivity index (χ0n) is 34.5. The molecule has 9 aromatic rings. The summed E-state index contributed by atoms with van der Waals surface area (Å²) in [4.78, 5) is 5.05. The van der Waals surface area contributed by atoms with E-state index in [1.807, 2.05) is 0 Å². The first-order chi connectivity index (χ1) is 29.3. The van der Waals surface area contributed by atoms with Gasteiger partial charge in [-0.25, -0.2) is 0 Å². The minimum absolute atomic E-state index is 0.149. The van der Waals surface area contributed by atoms with Crippen LogP contribution in [0.3, 0.4) is 0 Å². The van der Waals surface area contributed by atoms with Crippen LogP contribution in [0.2, 0.25) is 0 Å². The van der Waals surface area contributed by atoms with Gasteiger partial charge in [0.2, 0.25) is 0 Å². The maximum Gasteiger partial charge on any atom is 0.0781 e. The van der Waals surface area contributed by atoms with Gasteiger partial charge in [0.05, 0.1) is 22.7 Å². The molecule has 2 aliphatic rings. The van der Waals surface area contributed by atoms with Crippen molar-refractivity contribution in [2.45, 2.75) is 38.5 Å². The predicted molar refractivity (Wildman–Crippen MR) is 254 cm³/mol. The summed E-state index contributed by atoms with van der Waals surface area (Å²) < 4.78 is 0. The molecule has 288 valence electrons. The fourth-order valence-electron chi connectivity index (χ4n) is 10.1. The lowest BCUT2D eigenvalue weighted by Crippen LogP contribution is -2.31. The highest BCUT2D eigenvalue weighted by molar-refractivity contribution is 6.09. The molecule has 0 unspecified atom stereocenters. The molecule has 2 heteroatoms. The molecule has 0 aromatic heterocycles. The van der Waals surface area contributed by atoms with Crippen LogP contribution < -0.4 is 9.80 Å². The summed E-state index contributed by atoms with van der Waals surface area (Å²) in [5.74, 6) is 0. The Kier molecular flexibility index (Phi) is 8.22. The molecule has 0 amide bonds. The quantitative estimate of drug-likeness (QED) is 0.166. The van der Waals surface area contributed by atoms with Crippen LogP contribution in [0.25, 0.3) is 44.2 Å². The molecule has 0 radical (unpaired) electrons. The van der Waals surface area contributed by atoms with Crippen molar-refractivity contribution in [3.05, 3.63) is 229 Å². The summed E-state index contributed by atoms with van der Waals surface area (Å²) in [5.41, 5.74) is 19.3. The SMILES string of the molecule is CC1(C)c2ccccc2-c2ccc(N(c3ccc(-c4ccccc4)cc3)c3ccc4ccccc4c3N3c4ccccc4C(C)(C)c4cc(-c5ccccc5)ccc43)cc21. The average molecular weight is 771 g/mol. The van der Waals surface area contributed by atoms with Gasteiger partial charge in [0.15, 0.2) is 0 Å². The smallest absolute Gasteiger partial charge is 0.0781 e. The van der Waals surface area contributed by atoms with E-state index in [2.05, 4.69) is 244 Å². The van der Waals surface area contributed by atoms with Crippen molar-refractivity contribution >= 4 is 44.9 Å². The number of benzene rings is 9. The predicted octanol–water partition coefficient (Wildman–Crippen LogP) is 16.1. The van der Waals surface area contributed by atoms with E-state index in [1.165, 1.54) is 77.8 Å². The monoisotopic (exact) mass is 770 g/mol. The molecule has 0 saturated heterocycles. The first-order valence-electron chi connectivity index (χ1n) is 21.1. The van der Waals surface area contributed by atoms with E-state index in [1.54, 1.807) is 0 Å². The Balaban J connectivity index is 1.19. The highest BCUT2D eigenvalue weighted by Gasteiger charge is 2.40. The summed E-state index contributed by atoms with van der Waals surface area (Å²) in [6, 6.07) is 76.2. The molecule has 0 fully saturated rings. The zero-order valence-corrected chi connectivity index (χ0v) is 34.5. The molecule has 60 heavy (non-hydrogen) atoms. The van der Waals surface area contributed by atoms with E-state index in [-0.39, 0.29) is 10.8 Å². The molecule has 11 rings (SSSR count). The number of rotatable bonds is 6. The van der Waals surface area contributed by atoms with Crippen LogP contribution in [0.4, 0.5) is 34.1 Å². The lowest BCUT2D eigenvalue weighted by molar-refractivity contribution is 0.632. The van der Waals surface area contributed by atoms with Crippen LogP contribution in [0, 0.1) is 0 Å². The third-order valence-corrected chi connectivity index (χ3v) is 13.2. The van der Waals surface area contributed by atoms with E-state index in [0.29, 0.717) is 0 Å². The number of hydrogen-bond acceptors (Lipinski definition) is 2. The zero-order chi connectivity index (χ0) is 40.6. The molecule has 0 atom stereocenters. The summed E-state index contributed by atoms with van der Waals surface area (Å²) in [6.45, 7) is 9.50. The second kappa shape index (κ2) is 13.7. The van der Waals surface area contributed by atoms with Crippen LogP contribution in [-0.4, -0.2) is 0 Å². The molecular weight excluding hydrogens is 725 g/mol. The topological polar surface area (TPSA) is 6.48 Å². The summed E-state index contributed by atoms with van der Waals surface area (Å²) in [6.07, 6.45) is 0. The van der Waals surface area contributed by atoms with Gasteiger partial charge in [0.25, 0.3) is 0 Å². The molecular formula is C58H46N2. The Hall–Kier alpha value is -7.16. The Morgan fingerprint density at radius 3 is 1.68 bits per heavy atom. The molecule has 0 N–H and O–H groups in total. The molecule has 1 aliphatic carbocycles. The van der Waals surface area contributed by atoms with Crippen molar-refractivity contribution in [2.24, 2.45) is 0 Å².